The molecule has 2 heterocycles. The predicted molar refractivity (Wildman–Crippen MR) is 99.6 cm³/mol. The van der Waals surface area contributed by atoms with E-state index >= 15 is 0 Å². The van der Waals surface area contributed by atoms with Gasteiger partial charge < -0.3 is 18.8 Å². The van der Waals surface area contributed by atoms with Gasteiger partial charge >= 0.3 is 5.97 Å². The van der Waals surface area contributed by atoms with Crippen molar-refractivity contribution in [2.45, 2.75) is 20.4 Å². The lowest BCUT2D eigenvalue weighted by Gasteiger charge is -2.16. The van der Waals surface area contributed by atoms with Crippen LogP contribution in [0.2, 0.25) is 0 Å². The summed E-state index contributed by atoms with van der Waals surface area (Å²) >= 11 is 0. The van der Waals surface area contributed by atoms with Gasteiger partial charge in [-0.25, -0.2) is 4.79 Å². The first kappa shape index (κ1) is 18.5. The molecule has 6 heteroatoms. The van der Waals surface area contributed by atoms with Crippen molar-refractivity contribution >= 4 is 18.0 Å². The van der Waals surface area contributed by atoms with E-state index in [0.29, 0.717) is 23.6 Å². The van der Waals surface area contributed by atoms with Crippen molar-refractivity contribution in [3.8, 4) is 5.75 Å². The molecule has 0 aliphatic carbocycles. The van der Waals surface area contributed by atoms with Gasteiger partial charge in [0.2, 0.25) is 0 Å². The van der Waals surface area contributed by atoms with E-state index in [4.69, 9.17) is 13.9 Å². The van der Waals surface area contributed by atoms with Gasteiger partial charge in [0, 0.05) is 5.70 Å². The number of rotatable bonds is 6. The van der Waals surface area contributed by atoms with Gasteiger partial charge in [-0.2, -0.15) is 0 Å². The van der Waals surface area contributed by atoms with Crippen LogP contribution in [0.4, 0.5) is 0 Å². The van der Waals surface area contributed by atoms with Crippen LogP contribution in [0.1, 0.15) is 25.2 Å². The third-order valence-electron chi connectivity index (χ3n) is 4.30. The Bertz CT molecular complexity index is 891. The van der Waals surface area contributed by atoms with Crippen molar-refractivity contribution in [3.63, 3.8) is 0 Å². The number of furan rings is 1. The van der Waals surface area contributed by atoms with Crippen LogP contribution in [0, 0.1) is 0 Å². The Balaban J connectivity index is 1.96. The number of allylic oxidation sites excluding steroid dienone is 1. The summed E-state index contributed by atoms with van der Waals surface area (Å²) in [6.45, 7) is 4.47. The Kier molecular flexibility index (Phi) is 5.45. The maximum Gasteiger partial charge on any atom is 0.340 e. The minimum Gasteiger partial charge on any atom is -0.494 e. The molecule has 0 unspecified atom stereocenters. The maximum atomic E-state index is 13.0. The lowest BCUT2D eigenvalue weighted by atomic mass is 10.0. The maximum absolute atomic E-state index is 13.0. The van der Waals surface area contributed by atoms with Crippen LogP contribution in [0.15, 0.2) is 63.9 Å². The van der Waals surface area contributed by atoms with Crippen LogP contribution < -0.4 is 4.74 Å². The molecule has 1 aromatic heterocycles. The SMILES string of the molecule is CCOc1ccc(C=C2C(=O)N(Cc3ccco3)C(C)=C2C(=O)OC)cc1. The van der Waals surface area contributed by atoms with E-state index in [-0.39, 0.29) is 18.0 Å². The molecule has 1 aliphatic heterocycles. The second kappa shape index (κ2) is 7.95. The molecule has 0 saturated carbocycles. The Morgan fingerprint density at radius 2 is 1.96 bits per heavy atom. The molecular formula is C21H21NO5. The minimum absolute atomic E-state index is 0.249. The summed E-state index contributed by atoms with van der Waals surface area (Å²) in [5, 5.41) is 0. The normalized spacial score (nSPS) is 15.6. The van der Waals surface area contributed by atoms with Crippen molar-refractivity contribution in [2.75, 3.05) is 13.7 Å². The molecule has 0 bridgehead atoms. The summed E-state index contributed by atoms with van der Waals surface area (Å²) < 4.78 is 15.7. The second-order valence-corrected chi connectivity index (χ2v) is 5.98. The molecule has 0 fully saturated rings. The van der Waals surface area contributed by atoms with Gasteiger partial charge in [0.05, 0.1) is 37.7 Å². The minimum atomic E-state index is -0.542. The second-order valence-electron chi connectivity index (χ2n) is 5.98. The molecule has 0 spiro atoms. The Labute approximate surface area is 157 Å². The van der Waals surface area contributed by atoms with Gasteiger partial charge in [0.15, 0.2) is 0 Å². The highest BCUT2D eigenvalue weighted by atomic mass is 16.5. The number of nitrogens with zero attached hydrogens (tertiary/aromatic N) is 1. The first-order chi connectivity index (χ1) is 13.0. The smallest absolute Gasteiger partial charge is 0.340 e. The molecule has 0 atom stereocenters. The number of carbonyl (C=O) groups excluding carboxylic acids is 2. The fraction of sp³-hybridized carbons (Fsp3) is 0.238. The molecule has 1 aliphatic rings. The molecule has 2 aromatic rings. The summed E-state index contributed by atoms with van der Waals surface area (Å²) in [4.78, 5) is 26.8. The van der Waals surface area contributed by atoms with Crippen LogP contribution in [0.25, 0.3) is 6.08 Å². The number of ether oxygens (including phenoxy) is 2. The Morgan fingerprint density at radius 1 is 1.22 bits per heavy atom. The molecule has 140 valence electrons. The fourth-order valence-corrected chi connectivity index (χ4v) is 2.97. The topological polar surface area (TPSA) is 69.0 Å². The number of amides is 1. The first-order valence-electron chi connectivity index (χ1n) is 8.63. The molecule has 1 amide bonds. The molecule has 1 aromatic carbocycles. The van der Waals surface area contributed by atoms with Crippen LogP contribution >= 0.6 is 0 Å². The van der Waals surface area contributed by atoms with Crippen molar-refractivity contribution in [3.05, 3.63) is 70.8 Å². The Morgan fingerprint density at radius 3 is 2.56 bits per heavy atom. The van der Waals surface area contributed by atoms with Crippen molar-refractivity contribution in [1.82, 2.24) is 4.90 Å². The molecule has 0 N–H and O–H groups in total. The average Bonchev–Trinajstić information content (AvgIpc) is 3.26. The van der Waals surface area contributed by atoms with E-state index < -0.39 is 5.97 Å². The van der Waals surface area contributed by atoms with E-state index in [2.05, 4.69) is 0 Å². The number of esters is 1. The molecule has 27 heavy (non-hydrogen) atoms. The number of hydrogen-bond donors (Lipinski definition) is 0. The van der Waals surface area contributed by atoms with Crippen LogP contribution in [0.3, 0.4) is 0 Å². The van der Waals surface area contributed by atoms with Gasteiger partial charge in [0.1, 0.15) is 11.5 Å². The number of methoxy groups -OCH3 is 1. The zero-order chi connectivity index (χ0) is 19.4. The zero-order valence-corrected chi connectivity index (χ0v) is 15.5. The molecule has 0 saturated heterocycles. The predicted octanol–water partition coefficient (Wildman–Crippen LogP) is 3.55. The highest BCUT2D eigenvalue weighted by molar-refractivity contribution is 6.16. The van der Waals surface area contributed by atoms with Gasteiger partial charge in [-0.1, -0.05) is 12.1 Å². The summed E-state index contributed by atoms with van der Waals surface area (Å²) in [6, 6.07) is 10.9. The molecule has 0 radical (unpaired) electrons. The highest BCUT2D eigenvalue weighted by Gasteiger charge is 2.37. The number of carbonyl (C=O) groups is 2. The first-order valence-corrected chi connectivity index (χ1v) is 8.63. The monoisotopic (exact) mass is 367 g/mol. The van der Waals surface area contributed by atoms with Crippen molar-refractivity contribution in [2.24, 2.45) is 0 Å². The lowest BCUT2D eigenvalue weighted by Crippen LogP contribution is -2.24. The van der Waals surface area contributed by atoms with Gasteiger partial charge in [-0.3, -0.25) is 4.79 Å². The molecule has 6 nitrogen and oxygen atoms in total. The highest BCUT2D eigenvalue weighted by Crippen LogP contribution is 2.33. The summed E-state index contributed by atoms with van der Waals surface area (Å²) in [7, 11) is 1.30. The standard InChI is InChI=1S/C21H21NO5/c1-4-26-16-9-7-15(8-10-16)12-18-19(21(24)25-3)14(2)22(20(18)23)13-17-6-5-11-27-17/h5-12H,4,13H2,1-3H3. The van der Waals surface area contributed by atoms with E-state index in [1.165, 1.54) is 12.0 Å². The van der Waals surface area contributed by atoms with Crippen molar-refractivity contribution < 1.29 is 23.5 Å². The van der Waals surface area contributed by atoms with E-state index in [9.17, 15) is 9.59 Å². The van der Waals surface area contributed by atoms with Crippen molar-refractivity contribution in [1.29, 1.82) is 0 Å². The van der Waals surface area contributed by atoms with Crippen LogP contribution in [0.5, 0.6) is 5.75 Å². The number of benzene rings is 1. The molecular weight excluding hydrogens is 346 g/mol. The van der Waals surface area contributed by atoms with Crippen LogP contribution in [-0.2, 0) is 20.9 Å². The van der Waals surface area contributed by atoms with Gasteiger partial charge in [-0.05, 0) is 49.8 Å². The summed E-state index contributed by atoms with van der Waals surface area (Å²) in [5.74, 6) is 0.573. The summed E-state index contributed by atoms with van der Waals surface area (Å²) in [5.41, 5.74) is 1.90. The largest absolute Gasteiger partial charge is 0.494 e. The Hall–Kier alpha value is -3.28. The zero-order valence-electron chi connectivity index (χ0n) is 15.5. The molecule has 3 rings (SSSR count). The van der Waals surface area contributed by atoms with E-state index in [0.717, 1.165) is 11.3 Å². The van der Waals surface area contributed by atoms with Gasteiger partial charge in [-0.15, -0.1) is 0 Å². The third-order valence-corrected chi connectivity index (χ3v) is 4.30. The fourth-order valence-electron chi connectivity index (χ4n) is 2.97. The van der Waals surface area contributed by atoms with Crippen LogP contribution in [-0.4, -0.2) is 30.5 Å². The average molecular weight is 367 g/mol. The summed E-state index contributed by atoms with van der Waals surface area (Å²) in [6.07, 6.45) is 3.24. The third kappa shape index (κ3) is 3.79. The lowest BCUT2D eigenvalue weighted by molar-refractivity contribution is -0.136. The van der Waals surface area contributed by atoms with Gasteiger partial charge in [0.25, 0.3) is 5.91 Å². The van der Waals surface area contributed by atoms with E-state index in [1.54, 1.807) is 31.4 Å². The quantitative estimate of drug-likeness (QED) is 0.577. The number of hydrogen-bond acceptors (Lipinski definition) is 5. The van der Waals surface area contributed by atoms with E-state index in [1.807, 2.05) is 31.2 Å².